The van der Waals surface area contributed by atoms with Crippen molar-refractivity contribution in [3.8, 4) is 5.75 Å². The first-order valence-electron chi connectivity index (χ1n) is 12.2. The van der Waals surface area contributed by atoms with Crippen LogP contribution >= 0.6 is 0 Å². The van der Waals surface area contributed by atoms with E-state index in [0.717, 1.165) is 24.8 Å². The molecule has 3 rings (SSSR count). The number of Topliss-reactive ketones (excluding diaryl/α,β-unsaturated/α-hetero) is 1. The fourth-order valence-electron chi connectivity index (χ4n) is 4.33. The van der Waals surface area contributed by atoms with Gasteiger partial charge in [-0.15, -0.1) is 0 Å². The van der Waals surface area contributed by atoms with Gasteiger partial charge >= 0.3 is 5.97 Å². The number of hydrogen-bond acceptors (Lipinski definition) is 6. The molecule has 186 valence electrons. The number of esters is 1. The van der Waals surface area contributed by atoms with Gasteiger partial charge in [0.1, 0.15) is 17.8 Å². The van der Waals surface area contributed by atoms with Gasteiger partial charge in [0.25, 0.3) is 0 Å². The van der Waals surface area contributed by atoms with Gasteiger partial charge in [-0.1, -0.05) is 57.7 Å². The fraction of sp³-hybridized carbons (Fsp3) is 0.414. The van der Waals surface area contributed by atoms with Gasteiger partial charge in [-0.2, -0.15) is 0 Å². The molecule has 0 saturated heterocycles. The van der Waals surface area contributed by atoms with Crippen molar-refractivity contribution < 1.29 is 29.0 Å². The van der Waals surface area contributed by atoms with Crippen LogP contribution in [0.2, 0.25) is 0 Å². The van der Waals surface area contributed by atoms with Crippen molar-refractivity contribution in [1.82, 2.24) is 0 Å². The van der Waals surface area contributed by atoms with Crippen LogP contribution in [0.5, 0.6) is 5.75 Å². The molecule has 0 spiro atoms. The second-order valence-corrected chi connectivity index (χ2v) is 9.52. The average Bonchev–Trinajstić information content (AvgIpc) is 2.80. The molecule has 1 aromatic carbocycles. The third-order valence-corrected chi connectivity index (χ3v) is 6.50. The Morgan fingerprint density at radius 2 is 1.94 bits per heavy atom. The first kappa shape index (κ1) is 26.2. The minimum absolute atomic E-state index is 0.0304. The highest BCUT2D eigenvalue weighted by molar-refractivity contribution is 6.27. The zero-order valence-corrected chi connectivity index (χ0v) is 21.1. The molecule has 2 aliphatic rings. The smallest absolute Gasteiger partial charge is 0.334 e. The number of phenolic OH excluding ortho intramolecular Hbond substituents is 1. The summed E-state index contributed by atoms with van der Waals surface area (Å²) in [7, 11) is 0. The SMILES string of the molecule is CCCCCCC(C)/C=C(\C)C(=O)O[C@@]1(C)C(=O)C=C2C=C(c3c(C)cccc3O)OC=C2C1=O. The Labute approximate surface area is 207 Å². The first-order chi connectivity index (χ1) is 16.6. The number of ether oxygens (including phenoxy) is 2. The summed E-state index contributed by atoms with van der Waals surface area (Å²) in [6, 6.07) is 5.08. The van der Waals surface area contributed by atoms with Gasteiger partial charge in [0.2, 0.25) is 17.2 Å². The van der Waals surface area contributed by atoms with Crippen molar-refractivity contribution in [3.63, 3.8) is 0 Å². The summed E-state index contributed by atoms with van der Waals surface area (Å²) >= 11 is 0. The molecule has 1 aromatic rings. The molecule has 1 aliphatic carbocycles. The van der Waals surface area contributed by atoms with Crippen LogP contribution in [-0.4, -0.2) is 28.2 Å². The Morgan fingerprint density at radius 1 is 1.20 bits per heavy atom. The van der Waals surface area contributed by atoms with Crippen LogP contribution in [-0.2, 0) is 23.9 Å². The lowest BCUT2D eigenvalue weighted by Crippen LogP contribution is -2.50. The van der Waals surface area contributed by atoms with Gasteiger partial charge in [0.15, 0.2) is 0 Å². The van der Waals surface area contributed by atoms with E-state index in [1.165, 1.54) is 38.2 Å². The van der Waals surface area contributed by atoms with E-state index in [9.17, 15) is 19.5 Å². The minimum Gasteiger partial charge on any atom is -0.507 e. The minimum atomic E-state index is -1.97. The highest BCUT2D eigenvalue weighted by Gasteiger charge is 2.49. The molecule has 0 fully saturated rings. The van der Waals surface area contributed by atoms with E-state index in [1.54, 1.807) is 19.1 Å². The molecule has 35 heavy (non-hydrogen) atoms. The molecular weight excluding hydrogens is 444 g/mol. The molecule has 1 heterocycles. The van der Waals surface area contributed by atoms with Crippen LogP contribution < -0.4 is 0 Å². The monoisotopic (exact) mass is 478 g/mol. The van der Waals surface area contributed by atoms with Crippen molar-refractivity contribution in [1.29, 1.82) is 0 Å². The largest absolute Gasteiger partial charge is 0.507 e. The average molecular weight is 479 g/mol. The Balaban J connectivity index is 1.78. The van der Waals surface area contributed by atoms with Crippen LogP contribution in [0.1, 0.15) is 70.9 Å². The van der Waals surface area contributed by atoms with Crippen LogP contribution in [0.25, 0.3) is 5.76 Å². The van der Waals surface area contributed by atoms with Crippen LogP contribution in [0.15, 0.2) is 59.4 Å². The van der Waals surface area contributed by atoms with Gasteiger partial charge in [-0.05, 0) is 62.5 Å². The second-order valence-electron chi connectivity index (χ2n) is 9.52. The number of unbranched alkanes of at least 4 members (excludes halogenated alkanes) is 3. The van der Waals surface area contributed by atoms with Crippen LogP contribution in [0.3, 0.4) is 0 Å². The third kappa shape index (κ3) is 5.64. The maximum atomic E-state index is 13.3. The molecule has 1 unspecified atom stereocenters. The Bertz CT molecular complexity index is 1130. The van der Waals surface area contributed by atoms with Gasteiger partial charge in [-0.25, -0.2) is 4.79 Å². The third-order valence-electron chi connectivity index (χ3n) is 6.50. The van der Waals surface area contributed by atoms with E-state index >= 15 is 0 Å². The van der Waals surface area contributed by atoms with E-state index in [0.29, 0.717) is 22.5 Å². The number of aromatic hydroxyl groups is 1. The predicted octanol–water partition coefficient (Wildman–Crippen LogP) is 5.89. The summed E-state index contributed by atoms with van der Waals surface area (Å²) in [5.74, 6) is -1.41. The normalized spacial score (nSPS) is 20.8. The van der Waals surface area contributed by atoms with Gasteiger partial charge in [0.05, 0.1) is 11.1 Å². The van der Waals surface area contributed by atoms with E-state index < -0.39 is 23.1 Å². The molecule has 6 nitrogen and oxygen atoms in total. The summed E-state index contributed by atoms with van der Waals surface area (Å²) in [6.07, 6.45) is 11.5. The summed E-state index contributed by atoms with van der Waals surface area (Å²) in [5.41, 5.74) is 0.158. The molecule has 0 aromatic heterocycles. The number of carbonyl (C=O) groups excluding carboxylic acids is 3. The number of ketones is 2. The first-order valence-corrected chi connectivity index (χ1v) is 12.2. The maximum absolute atomic E-state index is 13.3. The van der Waals surface area contributed by atoms with Crippen LogP contribution in [0, 0.1) is 12.8 Å². The van der Waals surface area contributed by atoms with E-state index in [2.05, 4.69) is 6.92 Å². The lowest BCUT2D eigenvalue weighted by Gasteiger charge is -2.31. The van der Waals surface area contributed by atoms with E-state index in [-0.39, 0.29) is 17.2 Å². The number of rotatable bonds is 9. The van der Waals surface area contributed by atoms with Crippen molar-refractivity contribution >= 4 is 23.3 Å². The summed E-state index contributed by atoms with van der Waals surface area (Å²) < 4.78 is 11.2. The molecular formula is C29H34O6. The molecule has 1 aliphatic heterocycles. The van der Waals surface area contributed by atoms with Gasteiger partial charge < -0.3 is 14.6 Å². The molecule has 2 atom stereocenters. The van der Waals surface area contributed by atoms with Crippen molar-refractivity contribution in [2.75, 3.05) is 0 Å². The summed E-state index contributed by atoms with van der Waals surface area (Å²) in [4.78, 5) is 39.1. The predicted molar refractivity (Wildman–Crippen MR) is 134 cm³/mol. The lowest BCUT2D eigenvalue weighted by molar-refractivity contribution is -0.165. The van der Waals surface area contributed by atoms with Gasteiger partial charge in [0, 0.05) is 5.57 Å². The van der Waals surface area contributed by atoms with Crippen LogP contribution in [0.4, 0.5) is 0 Å². The topological polar surface area (TPSA) is 89.9 Å². The Hall–Kier alpha value is -3.41. The zero-order chi connectivity index (χ0) is 25.8. The summed E-state index contributed by atoms with van der Waals surface area (Å²) in [5, 5.41) is 10.3. The maximum Gasteiger partial charge on any atom is 0.334 e. The number of carbonyl (C=O) groups is 3. The Kier molecular flexibility index (Phi) is 8.15. The van der Waals surface area contributed by atoms with Crippen molar-refractivity contribution in [2.45, 2.75) is 72.3 Å². The molecule has 0 bridgehead atoms. The van der Waals surface area contributed by atoms with Crippen molar-refractivity contribution in [2.24, 2.45) is 5.92 Å². The molecule has 0 radical (unpaired) electrons. The highest BCUT2D eigenvalue weighted by Crippen LogP contribution is 2.38. The van der Waals surface area contributed by atoms with Crippen molar-refractivity contribution in [3.05, 3.63) is 70.5 Å². The molecule has 6 heteroatoms. The van der Waals surface area contributed by atoms with E-state index in [1.807, 2.05) is 26.0 Å². The van der Waals surface area contributed by atoms with E-state index in [4.69, 9.17) is 9.47 Å². The quantitative estimate of drug-likeness (QED) is 0.206. The molecule has 1 N–H and O–H groups in total. The highest BCUT2D eigenvalue weighted by atomic mass is 16.6. The lowest BCUT2D eigenvalue weighted by atomic mass is 9.80. The molecule has 0 saturated carbocycles. The fourth-order valence-corrected chi connectivity index (χ4v) is 4.33. The Morgan fingerprint density at radius 3 is 2.63 bits per heavy atom. The summed E-state index contributed by atoms with van der Waals surface area (Å²) in [6.45, 7) is 8.98. The number of hydrogen-bond donors (Lipinski definition) is 1. The number of aryl methyl sites for hydroxylation is 1. The number of fused-ring (bicyclic) bond motifs is 1. The van der Waals surface area contributed by atoms with Gasteiger partial charge in [-0.3, -0.25) is 9.59 Å². The number of phenols is 1. The zero-order valence-electron chi connectivity index (χ0n) is 21.1. The number of allylic oxidation sites excluding steroid dienone is 3. The second kappa shape index (κ2) is 10.9. The standard InChI is InChI=1S/C29H34O6/c1-6-7-8-9-11-18(2)14-20(4)28(33)35-29(5)25(31)16-21-15-24(34-17-22(21)27(29)32)26-19(3)12-10-13-23(26)30/h10,12-18,30H,6-9,11H2,1-5H3/b20-14+/t18?,29-/m0/s1. The number of benzene rings is 1. The molecule has 0 amide bonds.